The Morgan fingerprint density at radius 2 is 1.58 bits per heavy atom. The van der Waals surface area contributed by atoms with E-state index < -0.39 is 17.7 Å². The largest absolute Gasteiger partial charge is 0.478 e. The molecule has 3 aromatic carbocycles. The van der Waals surface area contributed by atoms with Crippen molar-refractivity contribution in [1.29, 1.82) is 0 Å². The van der Waals surface area contributed by atoms with E-state index in [1.54, 1.807) is 65.2 Å². The average Bonchev–Trinajstić information content (AvgIpc) is 3.41. The van der Waals surface area contributed by atoms with Gasteiger partial charge in [-0.2, -0.15) is 0 Å². The van der Waals surface area contributed by atoms with Gasteiger partial charge in [0, 0.05) is 34.5 Å². The van der Waals surface area contributed by atoms with Gasteiger partial charge in [0.05, 0.1) is 0 Å². The van der Waals surface area contributed by atoms with E-state index in [4.69, 9.17) is 26.2 Å². The van der Waals surface area contributed by atoms with Crippen LogP contribution in [0.4, 0.5) is 4.79 Å². The second-order valence-corrected chi connectivity index (χ2v) is 10.4. The molecule has 9 heteroatoms. The number of Topliss-reactive ketones (excluding diaryl/α,β-unsaturated/α-hetero) is 1. The summed E-state index contributed by atoms with van der Waals surface area (Å²) < 4.78 is 10.6. The molecule has 1 N–H and O–H groups in total. The van der Waals surface area contributed by atoms with Crippen LogP contribution in [-0.2, 0) is 4.79 Å². The normalized spacial score (nSPS) is 14.7. The lowest BCUT2D eigenvalue weighted by molar-refractivity contribution is -0.152. The molecule has 200 valence electrons. The van der Waals surface area contributed by atoms with Gasteiger partial charge in [-0.1, -0.05) is 41.9 Å². The molecule has 0 spiro atoms. The molecule has 4 rings (SSSR count). The van der Waals surface area contributed by atoms with E-state index in [1.165, 1.54) is 13.8 Å². The van der Waals surface area contributed by atoms with Gasteiger partial charge in [-0.15, -0.1) is 11.8 Å². The van der Waals surface area contributed by atoms with Crippen LogP contribution in [0.5, 0.6) is 11.5 Å². The fourth-order valence-corrected chi connectivity index (χ4v) is 4.16. The van der Waals surface area contributed by atoms with Crippen molar-refractivity contribution < 1.29 is 29.0 Å². The lowest BCUT2D eigenvalue weighted by atomic mass is 9.97. The molecule has 1 unspecified atom stereocenters. The van der Waals surface area contributed by atoms with Crippen molar-refractivity contribution in [3.63, 3.8) is 0 Å². The Balaban J connectivity index is 0.000000260. The van der Waals surface area contributed by atoms with E-state index >= 15 is 0 Å². The number of rotatable bonds is 7. The fraction of sp³-hybridized carbons (Fsp3) is 0.276. The minimum atomic E-state index is -1.18. The van der Waals surface area contributed by atoms with E-state index in [-0.39, 0.29) is 11.7 Å². The minimum Gasteiger partial charge on any atom is -0.478 e. The highest BCUT2D eigenvalue weighted by Crippen LogP contribution is 2.24. The number of thioether (sulfide) groups is 1. The first-order chi connectivity index (χ1) is 18.1. The molecule has 38 heavy (non-hydrogen) atoms. The molecule has 0 bridgehead atoms. The first kappa shape index (κ1) is 29.1. The molecule has 1 heterocycles. The van der Waals surface area contributed by atoms with Crippen LogP contribution in [0, 0.1) is 5.92 Å². The highest BCUT2D eigenvalue weighted by atomic mass is 35.5. The van der Waals surface area contributed by atoms with Crippen molar-refractivity contribution in [3.8, 4) is 11.5 Å². The first-order valence-electron chi connectivity index (χ1n) is 12.0. The van der Waals surface area contributed by atoms with Crippen LogP contribution < -0.4 is 9.47 Å². The van der Waals surface area contributed by atoms with Gasteiger partial charge in [0.2, 0.25) is 0 Å². The van der Waals surface area contributed by atoms with Gasteiger partial charge in [-0.3, -0.25) is 4.79 Å². The van der Waals surface area contributed by atoms with Crippen LogP contribution >= 0.6 is 23.4 Å². The lowest BCUT2D eigenvalue weighted by Crippen LogP contribution is -2.37. The number of nitrogens with zero attached hydrogens (tertiary/aromatic N) is 1. The summed E-state index contributed by atoms with van der Waals surface area (Å²) >= 11 is 7.46. The van der Waals surface area contributed by atoms with Gasteiger partial charge in [0.1, 0.15) is 11.5 Å². The number of para-hydroxylation sites is 1. The quantitative estimate of drug-likeness (QED) is 0.256. The molecule has 1 fully saturated rings. The predicted octanol–water partition coefficient (Wildman–Crippen LogP) is 6.69. The zero-order valence-corrected chi connectivity index (χ0v) is 23.0. The third-order valence-corrected chi connectivity index (χ3v) is 6.84. The Bertz CT molecular complexity index is 1230. The van der Waals surface area contributed by atoms with Crippen molar-refractivity contribution in [2.24, 2.45) is 5.92 Å². The maximum atomic E-state index is 12.6. The number of aliphatic carboxylic acids is 1. The number of hydrogen-bond donors (Lipinski definition) is 1. The van der Waals surface area contributed by atoms with E-state index in [0.717, 1.165) is 4.90 Å². The highest BCUT2D eigenvalue weighted by molar-refractivity contribution is 7.98. The van der Waals surface area contributed by atoms with E-state index in [1.807, 2.05) is 36.6 Å². The van der Waals surface area contributed by atoms with Crippen LogP contribution in [0.15, 0.2) is 83.8 Å². The molecular weight excluding hydrogens is 526 g/mol. The van der Waals surface area contributed by atoms with E-state index in [2.05, 4.69) is 0 Å². The van der Waals surface area contributed by atoms with Crippen molar-refractivity contribution >= 4 is 41.2 Å². The summed E-state index contributed by atoms with van der Waals surface area (Å²) in [6, 6.07) is 23.1. The van der Waals surface area contributed by atoms with Gasteiger partial charge < -0.3 is 19.5 Å². The van der Waals surface area contributed by atoms with Crippen LogP contribution in [-0.4, -0.2) is 52.8 Å². The number of halogens is 1. The summed E-state index contributed by atoms with van der Waals surface area (Å²) in [6.45, 7) is 3.94. The molecule has 7 nitrogen and oxygen atoms in total. The molecule has 1 aliphatic heterocycles. The Labute approximate surface area is 231 Å². The molecule has 0 aliphatic carbocycles. The number of carboxylic acid groups (broad SMARTS) is 1. The average molecular weight is 556 g/mol. The fourth-order valence-electron chi connectivity index (χ4n) is 3.63. The molecule has 1 amide bonds. The van der Waals surface area contributed by atoms with E-state index in [9.17, 15) is 14.4 Å². The molecule has 3 aromatic rings. The lowest BCUT2D eigenvalue weighted by Gasteiger charge is -2.21. The zero-order valence-electron chi connectivity index (χ0n) is 21.4. The number of likely N-dealkylation sites (tertiary alicyclic amines) is 1. The number of hydrogen-bond acceptors (Lipinski definition) is 6. The second kappa shape index (κ2) is 13.3. The Hall–Kier alpha value is -3.49. The van der Waals surface area contributed by atoms with Crippen LogP contribution in [0.1, 0.15) is 30.6 Å². The molecule has 1 atom stereocenters. The summed E-state index contributed by atoms with van der Waals surface area (Å²) in [5.74, 6) is -0.0737. The summed E-state index contributed by atoms with van der Waals surface area (Å²) in [6.07, 6.45) is 2.21. The molecule has 1 saturated heterocycles. The highest BCUT2D eigenvalue weighted by Gasteiger charge is 2.32. The Morgan fingerprint density at radius 3 is 2.16 bits per heavy atom. The minimum absolute atomic E-state index is 0.0782. The second-order valence-electron chi connectivity index (χ2n) is 9.08. The molecule has 0 aromatic heterocycles. The smallest absolute Gasteiger partial charge is 0.415 e. The first-order valence-corrected chi connectivity index (χ1v) is 13.6. The molecule has 1 aliphatic rings. The zero-order chi connectivity index (χ0) is 27.7. The maximum absolute atomic E-state index is 12.6. The number of ether oxygens (including phenoxy) is 2. The number of carbonyl (C=O) groups excluding carboxylic acids is 2. The summed E-state index contributed by atoms with van der Waals surface area (Å²) in [5.41, 5.74) is -0.489. The summed E-state index contributed by atoms with van der Waals surface area (Å²) in [4.78, 5) is 38.3. The van der Waals surface area contributed by atoms with Crippen LogP contribution in [0.3, 0.4) is 0 Å². The van der Waals surface area contributed by atoms with Gasteiger partial charge in [-0.05, 0) is 75.1 Å². The number of carbonyl (C=O) groups is 3. The van der Waals surface area contributed by atoms with Crippen molar-refractivity contribution in [2.75, 3.05) is 19.3 Å². The van der Waals surface area contributed by atoms with Crippen LogP contribution in [0.2, 0.25) is 5.02 Å². The third kappa shape index (κ3) is 8.26. The maximum Gasteiger partial charge on any atom is 0.415 e. The predicted molar refractivity (Wildman–Crippen MR) is 148 cm³/mol. The SMILES string of the molecule is CC(C)(Oc1ccccc1)C(=O)O.CSc1ccc(C(=O)C2CCN(C(=O)Oc3ccc(Cl)cc3)C2)cc1. The topological polar surface area (TPSA) is 93.1 Å². The number of amides is 1. The monoisotopic (exact) mass is 555 g/mol. The van der Waals surface area contributed by atoms with Crippen molar-refractivity contribution in [2.45, 2.75) is 30.8 Å². The molecular formula is C29H30ClNO6S. The summed E-state index contributed by atoms with van der Waals surface area (Å²) in [5, 5.41) is 9.36. The van der Waals surface area contributed by atoms with Crippen molar-refractivity contribution in [1.82, 2.24) is 4.90 Å². The van der Waals surface area contributed by atoms with Crippen molar-refractivity contribution in [3.05, 3.63) is 89.4 Å². The number of ketones is 1. The van der Waals surface area contributed by atoms with Gasteiger partial charge >= 0.3 is 12.1 Å². The molecule has 0 radical (unpaired) electrons. The van der Waals surface area contributed by atoms with Gasteiger partial charge in [0.25, 0.3) is 0 Å². The van der Waals surface area contributed by atoms with Gasteiger partial charge in [-0.25, -0.2) is 9.59 Å². The molecule has 0 saturated carbocycles. The van der Waals surface area contributed by atoms with E-state index in [0.29, 0.717) is 41.6 Å². The number of benzene rings is 3. The Kier molecular flexibility index (Phi) is 10.2. The van der Waals surface area contributed by atoms with Gasteiger partial charge in [0.15, 0.2) is 11.4 Å². The summed E-state index contributed by atoms with van der Waals surface area (Å²) in [7, 11) is 0. The third-order valence-electron chi connectivity index (χ3n) is 5.84. The number of carboxylic acids is 1. The van der Waals surface area contributed by atoms with Crippen LogP contribution in [0.25, 0.3) is 0 Å². The Morgan fingerprint density at radius 1 is 0.947 bits per heavy atom. The standard InChI is InChI=1S/C19H18ClNO3S.C10H12O3/c1-25-17-8-2-13(3-9-17)18(22)14-10-11-21(12-14)19(23)24-16-6-4-15(20)5-7-16;1-10(2,9(11)12)13-8-6-4-3-5-7-8/h2-9,14H,10-12H2,1H3;3-7H,1-2H3,(H,11,12).